The Kier molecular flexibility index (Phi) is 4.72. The van der Waals surface area contributed by atoms with Gasteiger partial charge in [0.25, 0.3) is 0 Å². The van der Waals surface area contributed by atoms with Gasteiger partial charge in [-0.05, 0) is 62.8 Å². The molecule has 26 heavy (non-hydrogen) atoms. The minimum atomic E-state index is 0.380. The van der Waals surface area contributed by atoms with Crippen molar-refractivity contribution in [2.75, 3.05) is 5.32 Å². The predicted molar refractivity (Wildman–Crippen MR) is 110 cm³/mol. The van der Waals surface area contributed by atoms with Crippen molar-refractivity contribution in [1.29, 1.82) is 0 Å². The molecular formula is C21H24N4S. The number of aryl methyl sites for hydroxylation is 2. The molecule has 0 radical (unpaired) electrons. The molecule has 0 aliphatic heterocycles. The summed E-state index contributed by atoms with van der Waals surface area (Å²) in [4.78, 5) is 14.0. The number of nitrogens with zero attached hydrogens (tertiary/aromatic N) is 3. The fourth-order valence-corrected chi connectivity index (χ4v) is 4.20. The standard InChI is InChI=1S/C21H24N4S/c1-4-13(2)23-21-22-12-17-16(7-5-6-8-18(17)25-21)15-9-10-19-20(11-15)26-14(3)24-19/h7,9-13H,4-6,8H2,1-3H3,(H,22,23,25)/t13-/m0/s1. The van der Waals surface area contributed by atoms with Gasteiger partial charge in [-0.25, -0.2) is 15.0 Å². The summed E-state index contributed by atoms with van der Waals surface area (Å²) in [5.74, 6) is 0.743. The van der Waals surface area contributed by atoms with Crippen LogP contribution in [-0.2, 0) is 6.42 Å². The Morgan fingerprint density at radius 1 is 1.27 bits per heavy atom. The number of hydrogen-bond donors (Lipinski definition) is 1. The Labute approximate surface area is 158 Å². The van der Waals surface area contributed by atoms with Gasteiger partial charge in [-0.3, -0.25) is 0 Å². The Morgan fingerprint density at radius 2 is 2.15 bits per heavy atom. The van der Waals surface area contributed by atoms with Crippen LogP contribution in [0.2, 0.25) is 0 Å². The monoisotopic (exact) mass is 364 g/mol. The van der Waals surface area contributed by atoms with E-state index in [2.05, 4.69) is 60.3 Å². The molecule has 0 spiro atoms. The number of allylic oxidation sites excluding steroid dienone is 1. The summed E-state index contributed by atoms with van der Waals surface area (Å²) >= 11 is 1.75. The minimum absolute atomic E-state index is 0.380. The van der Waals surface area contributed by atoms with Gasteiger partial charge in [0.15, 0.2) is 0 Å². The topological polar surface area (TPSA) is 50.7 Å². The van der Waals surface area contributed by atoms with Crippen molar-refractivity contribution >= 4 is 33.1 Å². The van der Waals surface area contributed by atoms with Crippen LogP contribution in [0.5, 0.6) is 0 Å². The molecule has 1 atom stereocenters. The van der Waals surface area contributed by atoms with Gasteiger partial charge in [-0.2, -0.15) is 0 Å². The summed E-state index contributed by atoms with van der Waals surface area (Å²) in [5.41, 5.74) is 5.87. The molecule has 5 heteroatoms. The molecule has 1 aromatic carbocycles. The number of benzene rings is 1. The minimum Gasteiger partial charge on any atom is -0.352 e. The Balaban J connectivity index is 1.74. The lowest BCUT2D eigenvalue weighted by Crippen LogP contribution is -2.16. The van der Waals surface area contributed by atoms with Gasteiger partial charge in [0.05, 0.1) is 20.9 Å². The summed E-state index contributed by atoms with van der Waals surface area (Å²) in [6, 6.07) is 6.94. The molecule has 1 aliphatic rings. The molecule has 4 nitrogen and oxygen atoms in total. The fourth-order valence-electron chi connectivity index (χ4n) is 3.33. The molecule has 3 aromatic rings. The molecule has 1 N–H and O–H groups in total. The van der Waals surface area contributed by atoms with E-state index in [-0.39, 0.29) is 0 Å². The zero-order valence-electron chi connectivity index (χ0n) is 15.5. The van der Waals surface area contributed by atoms with E-state index in [0.717, 1.165) is 53.4 Å². The summed E-state index contributed by atoms with van der Waals surface area (Å²) in [5, 5.41) is 4.50. The number of anilines is 1. The molecule has 0 unspecified atom stereocenters. The van der Waals surface area contributed by atoms with Crippen molar-refractivity contribution in [2.45, 2.75) is 52.5 Å². The zero-order chi connectivity index (χ0) is 18.1. The number of fused-ring (bicyclic) bond motifs is 2. The number of thiazole rings is 1. The number of hydrogen-bond acceptors (Lipinski definition) is 5. The summed E-state index contributed by atoms with van der Waals surface area (Å²) < 4.78 is 1.24. The third-order valence-corrected chi connectivity index (χ3v) is 5.85. The Bertz CT molecular complexity index is 973. The highest BCUT2D eigenvalue weighted by atomic mass is 32.1. The summed E-state index contributed by atoms with van der Waals surface area (Å²) in [6.07, 6.45) is 8.57. The van der Waals surface area contributed by atoms with E-state index in [1.807, 2.05) is 6.20 Å². The van der Waals surface area contributed by atoms with Gasteiger partial charge < -0.3 is 5.32 Å². The Hall–Kier alpha value is -2.27. The van der Waals surface area contributed by atoms with Crippen LogP contribution in [0.25, 0.3) is 15.8 Å². The zero-order valence-corrected chi connectivity index (χ0v) is 16.4. The first-order chi connectivity index (χ1) is 12.6. The largest absolute Gasteiger partial charge is 0.352 e. The van der Waals surface area contributed by atoms with Crippen LogP contribution in [0.4, 0.5) is 5.95 Å². The molecule has 0 saturated carbocycles. The second-order valence-electron chi connectivity index (χ2n) is 6.93. The molecule has 1 aliphatic carbocycles. The maximum atomic E-state index is 4.83. The third kappa shape index (κ3) is 3.36. The molecule has 0 amide bonds. The molecule has 134 valence electrons. The quantitative estimate of drug-likeness (QED) is 0.676. The second kappa shape index (κ2) is 7.16. The van der Waals surface area contributed by atoms with Crippen LogP contribution < -0.4 is 5.32 Å². The molecule has 4 rings (SSSR count). The van der Waals surface area contributed by atoms with E-state index < -0.39 is 0 Å². The van der Waals surface area contributed by atoms with Crippen molar-refractivity contribution in [3.63, 3.8) is 0 Å². The van der Waals surface area contributed by atoms with Crippen molar-refractivity contribution in [1.82, 2.24) is 15.0 Å². The second-order valence-corrected chi connectivity index (χ2v) is 8.17. The maximum absolute atomic E-state index is 4.83. The van der Waals surface area contributed by atoms with E-state index in [1.54, 1.807) is 11.3 Å². The van der Waals surface area contributed by atoms with Crippen molar-refractivity contribution in [3.8, 4) is 0 Å². The van der Waals surface area contributed by atoms with Crippen molar-refractivity contribution < 1.29 is 0 Å². The highest BCUT2D eigenvalue weighted by Crippen LogP contribution is 2.33. The lowest BCUT2D eigenvalue weighted by Gasteiger charge is -2.15. The van der Waals surface area contributed by atoms with Gasteiger partial charge in [0.1, 0.15) is 0 Å². The fraction of sp³-hybridized carbons (Fsp3) is 0.381. The molecule has 0 saturated heterocycles. The third-order valence-electron chi connectivity index (χ3n) is 4.92. The SMILES string of the molecule is CC[C@H](C)Nc1ncc2c(n1)CCCC=C2c1ccc2nc(C)sc2c1. The molecule has 0 fully saturated rings. The number of rotatable bonds is 4. The molecule has 0 bridgehead atoms. The average molecular weight is 365 g/mol. The summed E-state index contributed by atoms with van der Waals surface area (Å²) in [6.45, 7) is 6.39. The van der Waals surface area contributed by atoms with Gasteiger partial charge in [0, 0.05) is 17.8 Å². The van der Waals surface area contributed by atoms with Crippen LogP contribution in [0.15, 0.2) is 30.5 Å². The smallest absolute Gasteiger partial charge is 0.223 e. The van der Waals surface area contributed by atoms with Crippen LogP contribution in [-0.4, -0.2) is 21.0 Å². The maximum Gasteiger partial charge on any atom is 0.223 e. The highest BCUT2D eigenvalue weighted by molar-refractivity contribution is 7.18. The normalized spacial score (nSPS) is 15.3. The van der Waals surface area contributed by atoms with E-state index in [4.69, 9.17) is 4.98 Å². The molecule has 2 aromatic heterocycles. The lowest BCUT2D eigenvalue weighted by molar-refractivity contribution is 0.746. The van der Waals surface area contributed by atoms with Gasteiger partial charge >= 0.3 is 0 Å². The molecular weight excluding hydrogens is 340 g/mol. The van der Waals surface area contributed by atoms with E-state index in [1.165, 1.54) is 15.8 Å². The van der Waals surface area contributed by atoms with Crippen LogP contribution >= 0.6 is 11.3 Å². The van der Waals surface area contributed by atoms with Crippen molar-refractivity contribution in [3.05, 3.63) is 52.3 Å². The number of aromatic nitrogens is 3. The van der Waals surface area contributed by atoms with Gasteiger partial charge in [0.2, 0.25) is 5.95 Å². The van der Waals surface area contributed by atoms with E-state index in [0.29, 0.717) is 6.04 Å². The number of nitrogens with one attached hydrogen (secondary N) is 1. The first kappa shape index (κ1) is 17.2. The summed E-state index contributed by atoms with van der Waals surface area (Å²) in [7, 11) is 0. The van der Waals surface area contributed by atoms with Crippen LogP contribution in [0, 0.1) is 6.92 Å². The van der Waals surface area contributed by atoms with Gasteiger partial charge in [-0.15, -0.1) is 11.3 Å². The Morgan fingerprint density at radius 3 is 3.00 bits per heavy atom. The average Bonchev–Trinajstić information content (AvgIpc) is 2.88. The first-order valence-corrected chi connectivity index (χ1v) is 10.2. The van der Waals surface area contributed by atoms with Crippen LogP contribution in [0.3, 0.4) is 0 Å². The van der Waals surface area contributed by atoms with E-state index >= 15 is 0 Å². The highest BCUT2D eigenvalue weighted by Gasteiger charge is 2.17. The predicted octanol–water partition coefficient (Wildman–Crippen LogP) is 5.37. The lowest BCUT2D eigenvalue weighted by atomic mass is 9.98. The van der Waals surface area contributed by atoms with Gasteiger partial charge in [-0.1, -0.05) is 19.1 Å². The molecule has 2 heterocycles. The first-order valence-electron chi connectivity index (χ1n) is 9.34. The van der Waals surface area contributed by atoms with E-state index in [9.17, 15) is 0 Å². The van der Waals surface area contributed by atoms with Crippen molar-refractivity contribution in [2.24, 2.45) is 0 Å². The van der Waals surface area contributed by atoms with Crippen LogP contribution in [0.1, 0.15) is 54.9 Å².